The number of ether oxygens (including phenoxy) is 1. The molecular formula is C18H14N2OS2. The van der Waals surface area contributed by atoms with E-state index in [9.17, 15) is 5.26 Å². The van der Waals surface area contributed by atoms with Gasteiger partial charge in [0.2, 0.25) is 0 Å². The van der Waals surface area contributed by atoms with Crippen molar-refractivity contribution in [2.24, 2.45) is 0 Å². The van der Waals surface area contributed by atoms with E-state index in [1.165, 1.54) is 11.8 Å². The smallest absolute Gasteiger partial charge is 0.156 e. The zero-order valence-corrected chi connectivity index (χ0v) is 14.2. The summed E-state index contributed by atoms with van der Waals surface area (Å²) in [6.45, 7) is 2.54. The van der Waals surface area contributed by atoms with Gasteiger partial charge in [0.1, 0.15) is 11.8 Å². The second kappa shape index (κ2) is 7.32. The lowest BCUT2D eigenvalue weighted by molar-refractivity contribution is 0.339. The van der Waals surface area contributed by atoms with Crippen LogP contribution in [-0.4, -0.2) is 11.6 Å². The summed E-state index contributed by atoms with van der Waals surface area (Å²) in [5.41, 5.74) is 1.87. The standard InChI is InChI=1S/C18H14N2OS2/c1-2-21-16-9-5-3-7-13(16)11-14(12-19)22-18-20-15-8-4-6-10-17(15)23-18/h3-11H,2H2,1H3/b14-11+. The number of rotatable bonds is 5. The van der Waals surface area contributed by atoms with Crippen LogP contribution < -0.4 is 4.74 Å². The third-order valence-corrected chi connectivity index (χ3v) is 5.11. The van der Waals surface area contributed by atoms with E-state index in [2.05, 4.69) is 11.1 Å². The summed E-state index contributed by atoms with van der Waals surface area (Å²) in [5, 5.41) is 9.44. The molecule has 0 saturated carbocycles. The predicted octanol–water partition coefficient (Wildman–Crippen LogP) is 5.35. The van der Waals surface area contributed by atoms with Gasteiger partial charge in [0, 0.05) is 5.56 Å². The van der Waals surface area contributed by atoms with Gasteiger partial charge in [-0.25, -0.2) is 4.98 Å². The van der Waals surface area contributed by atoms with E-state index < -0.39 is 0 Å². The van der Waals surface area contributed by atoms with Crippen molar-refractivity contribution in [1.82, 2.24) is 4.98 Å². The number of thiazole rings is 1. The molecule has 114 valence electrons. The highest BCUT2D eigenvalue weighted by Gasteiger charge is 2.08. The molecule has 0 fully saturated rings. The van der Waals surface area contributed by atoms with Crippen LogP contribution in [0.4, 0.5) is 0 Å². The Hall–Kier alpha value is -2.29. The van der Waals surface area contributed by atoms with Gasteiger partial charge in [-0.15, -0.1) is 11.3 Å². The molecule has 0 spiro atoms. The molecule has 1 aromatic heterocycles. The molecule has 3 nitrogen and oxygen atoms in total. The Morgan fingerprint density at radius 3 is 2.83 bits per heavy atom. The molecule has 0 bridgehead atoms. The highest BCUT2D eigenvalue weighted by atomic mass is 32.2. The molecule has 2 aromatic carbocycles. The molecule has 0 radical (unpaired) electrons. The Bertz CT molecular complexity index is 860. The first-order valence-corrected chi connectivity index (χ1v) is 8.80. The van der Waals surface area contributed by atoms with Crippen LogP contribution in [0.3, 0.4) is 0 Å². The van der Waals surface area contributed by atoms with E-state index in [4.69, 9.17) is 4.74 Å². The Morgan fingerprint density at radius 1 is 1.26 bits per heavy atom. The van der Waals surface area contributed by atoms with E-state index in [1.54, 1.807) is 11.3 Å². The number of hydrogen-bond acceptors (Lipinski definition) is 5. The van der Waals surface area contributed by atoms with Crippen LogP contribution >= 0.6 is 23.1 Å². The molecule has 3 aromatic rings. The minimum atomic E-state index is 0.594. The summed E-state index contributed by atoms with van der Waals surface area (Å²) in [6.07, 6.45) is 1.85. The van der Waals surface area contributed by atoms with Crippen LogP contribution in [0.1, 0.15) is 12.5 Å². The fourth-order valence-electron chi connectivity index (χ4n) is 2.10. The quantitative estimate of drug-likeness (QED) is 0.464. The van der Waals surface area contributed by atoms with Crippen LogP contribution in [0.2, 0.25) is 0 Å². The zero-order valence-electron chi connectivity index (χ0n) is 12.5. The van der Waals surface area contributed by atoms with Gasteiger partial charge in [-0.1, -0.05) is 30.3 Å². The fourth-order valence-corrected chi connectivity index (χ4v) is 4.07. The summed E-state index contributed by atoms with van der Waals surface area (Å²) in [5.74, 6) is 0.785. The maximum Gasteiger partial charge on any atom is 0.156 e. The molecule has 0 N–H and O–H groups in total. The summed E-state index contributed by atoms with van der Waals surface area (Å²) >= 11 is 2.98. The molecule has 0 unspecified atom stereocenters. The number of aromatic nitrogens is 1. The van der Waals surface area contributed by atoms with Crippen LogP contribution in [0.5, 0.6) is 5.75 Å². The van der Waals surface area contributed by atoms with Crippen molar-refractivity contribution < 1.29 is 4.74 Å². The molecule has 23 heavy (non-hydrogen) atoms. The largest absolute Gasteiger partial charge is 0.493 e. The summed E-state index contributed by atoms with van der Waals surface area (Å²) in [7, 11) is 0. The fraction of sp³-hybridized carbons (Fsp3) is 0.111. The lowest BCUT2D eigenvalue weighted by atomic mass is 10.2. The van der Waals surface area contributed by atoms with E-state index in [-0.39, 0.29) is 0 Å². The zero-order chi connectivity index (χ0) is 16.1. The molecule has 0 aliphatic carbocycles. The van der Waals surface area contributed by atoms with Crippen molar-refractivity contribution in [1.29, 1.82) is 5.26 Å². The molecule has 0 saturated heterocycles. The van der Waals surface area contributed by atoms with Gasteiger partial charge >= 0.3 is 0 Å². The van der Waals surface area contributed by atoms with Crippen molar-refractivity contribution in [3.8, 4) is 11.8 Å². The van der Waals surface area contributed by atoms with Crippen LogP contribution in [-0.2, 0) is 0 Å². The molecule has 3 rings (SSSR count). The van der Waals surface area contributed by atoms with Crippen LogP contribution in [0.15, 0.2) is 57.8 Å². The van der Waals surface area contributed by atoms with E-state index in [0.717, 1.165) is 25.9 Å². The second-order valence-electron chi connectivity index (χ2n) is 4.64. The van der Waals surface area contributed by atoms with Gasteiger partial charge in [0.15, 0.2) is 4.34 Å². The Labute approximate surface area is 143 Å². The normalized spacial score (nSPS) is 11.4. The Balaban J connectivity index is 1.89. The number of nitrogens with zero attached hydrogens (tertiary/aromatic N) is 2. The SMILES string of the molecule is CCOc1ccccc1/C=C(\C#N)Sc1nc2ccccc2s1. The van der Waals surface area contributed by atoms with Crippen molar-refractivity contribution >= 4 is 39.4 Å². The summed E-state index contributed by atoms with van der Waals surface area (Å²) in [6, 6.07) is 17.9. The Kier molecular flexibility index (Phi) is 4.96. The molecular weight excluding hydrogens is 324 g/mol. The molecule has 5 heteroatoms. The van der Waals surface area contributed by atoms with E-state index >= 15 is 0 Å². The minimum Gasteiger partial charge on any atom is -0.493 e. The van der Waals surface area contributed by atoms with Gasteiger partial charge < -0.3 is 4.74 Å². The van der Waals surface area contributed by atoms with Crippen LogP contribution in [0.25, 0.3) is 16.3 Å². The lowest BCUT2D eigenvalue weighted by Gasteiger charge is -2.06. The number of fused-ring (bicyclic) bond motifs is 1. The highest BCUT2D eigenvalue weighted by Crippen LogP contribution is 2.35. The predicted molar refractivity (Wildman–Crippen MR) is 96.7 cm³/mol. The average molecular weight is 338 g/mol. The Morgan fingerprint density at radius 2 is 2.04 bits per heavy atom. The van der Waals surface area contributed by atoms with Gasteiger partial charge in [0.05, 0.1) is 21.7 Å². The molecule has 0 aliphatic rings. The molecule has 0 atom stereocenters. The number of hydrogen-bond donors (Lipinski definition) is 0. The number of allylic oxidation sites excluding steroid dienone is 1. The molecule has 0 amide bonds. The first-order chi connectivity index (χ1) is 11.3. The maximum atomic E-state index is 9.44. The summed E-state index contributed by atoms with van der Waals surface area (Å²) in [4.78, 5) is 5.15. The van der Waals surface area contributed by atoms with E-state index in [0.29, 0.717) is 11.5 Å². The number of thioether (sulfide) groups is 1. The van der Waals surface area contributed by atoms with Gasteiger partial charge in [0.25, 0.3) is 0 Å². The van der Waals surface area contributed by atoms with E-state index in [1.807, 2.05) is 61.5 Å². The number of nitriles is 1. The third kappa shape index (κ3) is 3.73. The van der Waals surface area contributed by atoms with Crippen molar-refractivity contribution in [3.05, 3.63) is 59.0 Å². The summed E-state index contributed by atoms with van der Waals surface area (Å²) < 4.78 is 7.60. The monoisotopic (exact) mass is 338 g/mol. The highest BCUT2D eigenvalue weighted by molar-refractivity contribution is 8.05. The van der Waals surface area contributed by atoms with Gasteiger partial charge in [-0.2, -0.15) is 5.26 Å². The maximum absolute atomic E-state index is 9.44. The first-order valence-electron chi connectivity index (χ1n) is 7.17. The third-order valence-electron chi connectivity index (χ3n) is 3.09. The van der Waals surface area contributed by atoms with Gasteiger partial charge in [-0.3, -0.25) is 0 Å². The van der Waals surface area contributed by atoms with Crippen molar-refractivity contribution in [2.75, 3.05) is 6.61 Å². The topological polar surface area (TPSA) is 45.9 Å². The van der Waals surface area contributed by atoms with Crippen LogP contribution in [0, 0.1) is 11.3 Å². The number of benzene rings is 2. The average Bonchev–Trinajstić information content (AvgIpc) is 2.98. The molecule has 1 heterocycles. The first kappa shape index (κ1) is 15.6. The molecule has 0 aliphatic heterocycles. The number of para-hydroxylation sites is 2. The van der Waals surface area contributed by atoms with Crippen molar-refractivity contribution in [2.45, 2.75) is 11.3 Å². The lowest BCUT2D eigenvalue weighted by Crippen LogP contribution is -1.93. The minimum absolute atomic E-state index is 0.594. The van der Waals surface area contributed by atoms with Gasteiger partial charge in [-0.05, 0) is 43.0 Å². The second-order valence-corrected chi connectivity index (χ2v) is 6.96. The van der Waals surface area contributed by atoms with Crippen molar-refractivity contribution in [3.63, 3.8) is 0 Å².